The predicted octanol–water partition coefficient (Wildman–Crippen LogP) is 0.506. The number of hydrogen-bond acceptors (Lipinski definition) is 6. The Hall–Kier alpha value is -1.66. The fraction of sp³-hybridized carbons (Fsp3) is 0.400. The van der Waals surface area contributed by atoms with E-state index in [1.54, 1.807) is 18.4 Å². The minimum atomic E-state index is -0.215. The largest absolute Gasteiger partial charge is 0.459 e. The van der Waals surface area contributed by atoms with Gasteiger partial charge in [-0.05, 0) is 12.1 Å². The molecule has 1 aliphatic heterocycles. The quantitative estimate of drug-likeness (QED) is 0.813. The van der Waals surface area contributed by atoms with Crippen LogP contribution in [0.4, 0.5) is 0 Å². The summed E-state index contributed by atoms with van der Waals surface area (Å²) < 4.78 is 10.6. The molecule has 0 spiro atoms. The van der Waals surface area contributed by atoms with Crippen LogP contribution in [0.15, 0.2) is 27.2 Å². The fourth-order valence-corrected chi connectivity index (χ4v) is 1.68. The number of nitrogens with zero attached hydrogens (tertiary/aromatic N) is 3. The number of β-amino-alcohol motifs (C(OH)–C–C–N with tert-alkyl or cyclic N) is 1. The lowest BCUT2D eigenvalue weighted by Gasteiger charge is -2.34. The standard InChI is InChI=1S/C10H11N3O3/c14-7-4-13(5-7)6-9-11-12-10(16-9)8-2-1-3-15-8/h1-3,7,14H,4-6H2. The summed E-state index contributed by atoms with van der Waals surface area (Å²) in [4.78, 5) is 2.03. The predicted molar refractivity (Wildman–Crippen MR) is 53.3 cm³/mol. The third-order valence-electron chi connectivity index (χ3n) is 2.50. The lowest BCUT2D eigenvalue weighted by molar-refractivity contribution is -0.00714. The van der Waals surface area contributed by atoms with Gasteiger partial charge in [0.05, 0.1) is 18.9 Å². The number of hydrogen-bond donors (Lipinski definition) is 1. The third-order valence-corrected chi connectivity index (χ3v) is 2.50. The van der Waals surface area contributed by atoms with E-state index in [9.17, 15) is 0 Å². The van der Waals surface area contributed by atoms with Crippen LogP contribution < -0.4 is 0 Å². The molecule has 2 aromatic heterocycles. The highest BCUT2D eigenvalue weighted by molar-refractivity contribution is 5.42. The van der Waals surface area contributed by atoms with Gasteiger partial charge in [0.25, 0.3) is 5.89 Å². The first-order valence-electron chi connectivity index (χ1n) is 5.08. The van der Waals surface area contributed by atoms with Gasteiger partial charge in [-0.15, -0.1) is 10.2 Å². The minimum absolute atomic E-state index is 0.215. The van der Waals surface area contributed by atoms with Gasteiger partial charge in [0, 0.05) is 13.1 Å². The number of aliphatic hydroxyl groups excluding tert-OH is 1. The molecular formula is C10H11N3O3. The van der Waals surface area contributed by atoms with Crippen molar-refractivity contribution in [3.05, 3.63) is 24.3 Å². The van der Waals surface area contributed by atoms with Crippen molar-refractivity contribution in [1.29, 1.82) is 0 Å². The van der Waals surface area contributed by atoms with Crippen LogP contribution in [0.2, 0.25) is 0 Å². The van der Waals surface area contributed by atoms with Crippen molar-refractivity contribution in [2.24, 2.45) is 0 Å². The molecule has 1 fully saturated rings. The average Bonchev–Trinajstić information content (AvgIpc) is 2.84. The van der Waals surface area contributed by atoms with E-state index in [1.165, 1.54) is 0 Å². The Balaban J connectivity index is 1.69. The van der Waals surface area contributed by atoms with Gasteiger partial charge in [0.1, 0.15) is 0 Å². The summed E-state index contributed by atoms with van der Waals surface area (Å²) in [7, 11) is 0. The van der Waals surface area contributed by atoms with Crippen LogP contribution in [0.1, 0.15) is 5.89 Å². The van der Waals surface area contributed by atoms with E-state index in [2.05, 4.69) is 10.2 Å². The lowest BCUT2D eigenvalue weighted by Crippen LogP contribution is -2.49. The van der Waals surface area contributed by atoms with Crippen molar-refractivity contribution in [2.75, 3.05) is 13.1 Å². The van der Waals surface area contributed by atoms with Crippen molar-refractivity contribution in [2.45, 2.75) is 12.6 Å². The molecule has 0 aliphatic carbocycles. The number of rotatable bonds is 3. The summed E-state index contributed by atoms with van der Waals surface area (Å²) >= 11 is 0. The van der Waals surface area contributed by atoms with Gasteiger partial charge in [-0.25, -0.2) is 0 Å². The van der Waals surface area contributed by atoms with Crippen LogP contribution in [0.5, 0.6) is 0 Å². The molecule has 1 N–H and O–H groups in total. The van der Waals surface area contributed by atoms with Crippen molar-refractivity contribution >= 4 is 0 Å². The molecule has 1 aliphatic rings. The van der Waals surface area contributed by atoms with E-state index in [-0.39, 0.29) is 6.10 Å². The smallest absolute Gasteiger partial charge is 0.283 e. The summed E-state index contributed by atoms with van der Waals surface area (Å²) in [6.45, 7) is 1.90. The first-order valence-corrected chi connectivity index (χ1v) is 5.08. The summed E-state index contributed by atoms with van der Waals surface area (Å²) in [6.07, 6.45) is 1.35. The zero-order valence-corrected chi connectivity index (χ0v) is 8.54. The Morgan fingerprint density at radius 1 is 1.44 bits per heavy atom. The van der Waals surface area contributed by atoms with Crippen molar-refractivity contribution in [3.8, 4) is 11.7 Å². The van der Waals surface area contributed by atoms with Crippen LogP contribution in [-0.2, 0) is 6.54 Å². The van der Waals surface area contributed by atoms with Gasteiger partial charge in [0.2, 0.25) is 5.89 Å². The maximum Gasteiger partial charge on any atom is 0.283 e. The second kappa shape index (κ2) is 3.73. The van der Waals surface area contributed by atoms with Gasteiger partial charge < -0.3 is 13.9 Å². The minimum Gasteiger partial charge on any atom is -0.459 e. The van der Waals surface area contributed by atoms with Crippen LogP contribution in [0.3, 0.4) is 0 Å². The Kier molecular flexibility index (Phi) is 2.23. The molecule has 6 nitrogen and oxygen atoms in total. The summed E-state index contributed by atoms with van der Waals surface area (Å²) in [6, 6.07) is 3.54. The molecule has 0 bridgehead atoms. The average molecular weight is 221 g/mol. The summed E-state index contributed by atoms with van der Waals surface area (Å²) in [5.41, 5.74) is 0. The van der Waals surface area contributed by atoms with Crippen LogP contribution >= 0.6 is 0 Å². The highest BCUT2D eigenvalue weighted by Crippen LogP contribution is 2.19. The first kappa shape index (κ1) is 9.56. The van der Waals surface area contributed by atoms with Crippen molar-refractivity contribution in [3.63, 3.8) is 0 Å². The lowest BCUT2D eigenvalue weighted by atomic mass is 10.2. The van der Waals surface area contributed by atoms with Gasteiger partial charge in [0.15, 0.2) is 5.76 Å². The Morgan fingerprint density at radius 3 is 3.00 bits per heavy atom. The van der Waals surface area contributed by atoms with Crippen LogP contribution in [-0.4, -0.2) is 39.4 Å². The molecule has 3 heterocycles. The van der Waals surface area contributed by atoms with Crippen LogP contribution in [0.25, 0.3) is 11.7 Å². The Morgan fingerprint density at radius 2 is 2.31 bits per heavy atom. The summed E-state index contributed by atoms with van der Waals surface area (Å²) in [5, 5.41) is 16.9. The topological polar surface area (TPSA) is 75.5 Å². The van der Waals surface area contributed by atoms with Crippen molar-refractivity contribution < 1.29 is 13.9 Å². The van der Waals surface area contributed by atoms with E-state index in [1.807, 2.05) is 4.90 Å². The maximum absolute atomic E-state index is 9.13. The highest BCUT2D eigenvalue weighted by Gasteiger charge is 2.26. The molecular weight excluding hydrogens is 210 g/mol. The molecule has 0 aromatic carbocycles. The van der Waals surface area contributed by atoms with Gasteiger partial charge >= 0.3 is 0 Å². The third kappa shape index (κ3) is 1.72. The van der Waals surface area contributed by atoms with E-state index in [0.29, 0.717) is 37.2 Å². The molecule has 84 valence electrons. The molecule has 6 heteroatoms. The molecule has 16 heavy (non-hydrogen) atoms. The Bertz CT molecular complexity index is 459. The van der Waals surface area contributed by atoms with Gasteiger partial charge in [-0.3, -0.25) is 4.90 Å². The van der Waals surface area contributed by atoms with E-state index in [4.69, 9.17) is 13.9 Å². The summed E-state index contributed by atoms with van der Waals surface area (Å²) in [5.74, 6) is 1.50. The van der Waals surface area contributed by atoms with E-state index in [0.717, 1.165) is 0 Å². The first-order chi connectivity index (χ1) is 7.81. The molecule has 1 saturated heterocycles. The molecule has 0 amide bonds. The number of likely N-dealkylation sites (tertiary alicyclic amines) is 1. The monoisotopic (exact) mass is 221 g/mol. The highest BCUT2D eigenvalue weighted by atomic mass is 16.4. The molecule has 2 aromatic rings. The normalized spacial score (nSPS) is 17.6. The zero-order valence-electron chi connectivity index (χ0n) is 8.54. The molecule has 0 unspecified atom stereocenters. The number of furan rings is 1. The zero-order chi connectivity index (χ0) is 11.0. The van der Waals surface area contributed by atoms with E-state index >= 15 is 0 Å². The number of aliphatic hydroxyl groups is 1. The fourth-order valence-electron chi connectivity index (χ4n) is 1.68. The van der Waals surface area contributed by atoms with Crippen LogP contribution in [0, 0.1) is 0 Å². The van der Waals surface area contributed by atoms with Gasteiger partial charge in [-0.2, -0.15) is 0 Å². The number of aromatic nitrogens is 2. The molecule has 0 saturated carbocycles. The maximum atomic E-state index is 9.13. The second-order valence-corrected chi connectivity index (χ2v) is 3.83. The second-order valence-electron chi connectivity index (χ2n) is 3.83. The van der Waals surface area contributed by atoms with E-state index < -0.39 is 0 Å². The van der Waals surface area contributed by atoms with Crippen molar-refractivity contribution in [1.82, 2.24) is 15.1 Å². The molecule has 0 atom stereocenters. The molecule has 0 radical (unpaired) electrons. The Labute approximate surface area is 91.5 Å². The van der Waals surface area contributed by atoms with Gasteiger partial charge in [-0.1, -0.05) is 0 Å². The molecule has 3 rings (SSSR count). The SMILES string of the molecule is OC1CN(Cc2nnc(-c3ccco3)o2)C1.